The predicted molar refractivity (Wildman–Crippen MR) is 98.7 cm³/mol. The third kappa shape index (κ3) is 3.49. The van der Waals surface area contributed by atoms with Gasteiger partial charge in [-0.05, 0) is 69.9 Å². The number of benzene rings is 1. The average Bonchev–Trinajstić information content (AvgIpc) is 3.16. The van der Waals surface area contributed by atoms with Crippen molar-refractivity contribution < 1.29 is 14.7 Å². The molecule has 0 radical (unpaired) electrons. The molecule has 1 saturated heterocycles. The second-order valence-corrected chi connectivity index (χ2v) is 6.99. The summed E-state index contributed by atoms with van der Waals surface area (Å²) in [4.78, 5) is 25.4. The summed E-state index contributed by atoms with van der Waals surface area (Å²) in [5.74, 6) is -0.729. The van der Waals surface area contributed by atoms with Gasteiger partial charge in [-0.3, -0.25) is 9.59 Å². The first-order valence-electron chi connectivity index (χ1n) is 9.06. The Hall–Kier alpha value is -2.63. The monoisotopic (exact) mass is 355 g/mol. The molecule has 1 aliphatic heterocycles. The Kier molecular flexibility index (Phi) is 5.11. The van der Waals surface area contributed by atoms with E-state index in [0.29, 0.717) is 18.0 Å². The third-order valence-corrected chi connectivity index (χ3v) is 5.20. The van der Waals surface area contributed by atoms with Crippen LogP contribution in [0.1, 0.15) is 53.5 Å². The second kappa shape index (κ2) is 7.32. The normalized spacial score (nSPS) is 16.9. The summed E-state index contributed by atoms with van der Waals surface area (Å²) < 4.78 is 1.82. The molecule has 0 saturated carbocycles. The molecule has 1 aliphatic rings. The number of hydrogen-bond acceptors (Lipinski definition) is 3. The van der Waals surface area contributed by atoms with Gasteiger partial charge in [0.1, 0.15) is 0 Å². The maximum absolute atomic E-state index is 12.6. The molecule has 1 fully saturated rings. The lowest BCUT2D eigenvalue weighted by molar-refractivity contribution is -0.136. The second-order valence-electron chi connectivity index (χ2n) is 6.99. The van der Waals surface area contributed by atoms with Crippen LogP contribution in [-0.2, 0) is 11.2 Å². The molecular weight excluding hydrogens is 330 g/mol. The van der Waals surface area contributed by atoms with Crippen LogP contribution in [0.2, 0.25) is 0 Å². The number of aromatic nitrogens is 2. The Bertz CT molecular complexity index is 824. The minimum Gasteiger partial charge on any atom is -0.481 e. The number of rotatable bonds is 5. The zero-order valence-corrected chi connectivity index (χ0v) is 15.5. The predicted octanol–water partition coefficient (Wildman–Crippen LogP) is 3.13. The number of aliphatic carboxylic acids is 1. The molecule has 3 rings (SSSR count). The molecule has 1 aromatic carbocycles. The van der Waals surface area contributed by atoms with Crippen molar-refractivity contribution in [2.45, 2.75) is 52.5 Å². The number of likely N-dealkylation sites (tertiary alicyclic amines) is 1. The van der Waals surface area contributed by atoms with E-state index in [2.05, 4.69) is 12.0 Å². The maximum Gasteiger partial charge on any atom is 0.303 e. The van der Waals surface area contributed by atoms with E-state index in [1.165, 1.54) is 0 Å². The zero-order valence-electron chi connectivity index (χ0n) is 15.5. The van der Waals surface area contributed by atoms with Gasteiger partial charge in [0, 0.05) is 30.3 Å². The molecule has 26 heavy (non-hydrogen) atoms. The van der Waals surface area contributed by atoms with E-state index in [1.54, 1.807) is 0 Å². The summed E-state index contributed by atoms with van der Waals surface area (Å²) in [5.41, 5.74) is 4.32. The minimum absolute atomic E-state index is 0.0806. The van der Waals surface area contributed by atoms with Crippen molar-refractivity contribution in [1.82, 2.24) is 14.7 Å². The van der Waals surface area contributed by atoms with Crippen LogP contribution >= 0.6 is 0 Å². The first-order valence-corrected chi connectivity index (χ1v) is 9.06. The molecule has 6 heteroatoms. The Morgan fingerprint density at radius 2 is 1.92 bits per heavy atom. The highest BCUT2D eigenvalue weighted by molar-refractivity contribution is 5.94. The lowest BCUT2D eigenvalue weighted by atomic mass is 10.1. The smallest absolute Gasteiger partial charge is 0.303 e. The van der Waals surface area contributed by atoms with Crippen molar-refractivity contribution >= 4 is 11.9 Å². The number of carbonyl (C=O) groups is 2. The van der Waals surface area contributed by atoms with Gasteiger partial charge >= 0.3 is 5.97 Å². The van der Waals surface area contributed by atoms with E-state index in [9.17, 15) is 9.59 Å². The molecule has 0 bridgehead atoms. The number of aryl methyl sites for hydroxylation is 1. The highest BCUT2D eigenvalue weighted by atomic mass is 16.4. The van der Waals surface area contributed by atoms with Crippen LogP contribution in [0.25, 0.3) is 5.69 Å². The Morgan fingerprint density at radius 3 is 2.50 bits per heavy atom. The first kappa shape index (κ1) is 18.2. The summed E-state index contributed by atoms with van der Waals surface area (Å²) in [5, 5.41) is 13.5. The highest BCUT2D eigenvalue weighted by Gasteiger charge is 2.26. The Labute approximate surface area is 153 Å². The van der Waals surface area contributed by atoms with Crippen LogP contribution in [0.5, 0.6) is 0 Å². The van der Waals surface area contributed by atoms with Crippen LogP contribution in [0, 0.1) is 13.8 Å². The van der Waals surface area contributed by atoms with Gasteiger partial charge in [-0.1, -0.05) is 0 Å². The number of carboxylic acids is 1. The largest absolute Gasteiger partial charge is 0.481 e. The SMILES string of the molecule is Cc1nn(-c2ccc(C(=O)N3CCCC3C)cc2)c(C)c1CCC(=O)O. The van der Waals surface area contributed by atoms with Crippen LogP contribution < -0.4 is 0 Å². The van der Waals surface area contributed by atoms with Crippen molar-refractivity contribution in [3.8, 4) is 5.69 Å². The molecule has 6 nitrogen and oxygen atoms in total. The van der Waals surface area contributed by atoms with Gasteiger partial charge in [0.05, 0.1) is 11.4 Å². The van der Waals surface area contributed by atoms with E-state index in [1.807, 2.05) is 47.7 Å². The lowest BCUT2D eigenvalue weighted by Gasteiger charge is -2.21. The Balaban J connectivity index is 1.81. The fourth-order valence-corrected chi connectivity index (χ4v) is 3.67. The van der Waals surface area contributed by atoms with E-state index < -0.39 is 5.97 Å². The summed E-state index contributed by atoms with van der Waals surface area (Å²) in [6.45, 7) is 6.76. The number of carbonyl (C=O) groups excluding carboxylic acids is 1. The molecule has 1 atom stereocenters. The molecule has 1 aromatic heterocycles. The van der Waals surface area contributed by atoms with Crippen LogP contribution in [-0.4, -0.2) is 44.3 Å². The first-order chi connectivity index (χ1) is 12.4. The van der Waals surface area contributed by atoms with Gasteiger partial charge in [-0.25, -0.2) is 4.68 Å². The number of carboxylic acid groups (broad SMARTS) is 1. The molecular formula is C20H25N3O3. The summed E-state index contributed by atoms with van der Waals surface area (Å²) >= 11 is 0. The molecule has 0 spiro atoms. The van der Waals surface area contributed by atoms with Crippen molar-refractivity contribution in [2.75, 3.05) is 6.54 Å². The minimum atomic E-state index is -0.810. The van der Waals surface area contributed by atoms with E-state index in [-0.39, 0.29) is 12.3 Å². The lowest BCUT2D eigenvalue weighted by Crippen LogP contribution is -2.33. The summed E-state index contributed by atoms with van der Waals surface area (Å²) in [6, 6.07) is 7.78. The molecule has 1 N–H and O–H groups in total. The van der Waals surface area contributed by atoms with Gasteiger partial charge in [0.15, 0.2) is 0 Å². The van der Waals surface area contributed by atoms with Crippen molar-refractivity contribution in [3.63, 3.8) is 0 Å². The Morgan fingerprint density at radius 1 is 1.23 bits per heavy atom. The highest BCUT2D eigenvalue weighted by Crippen LogP contribution is 2.22. The third-order valence-electron chi connectivity index (χ3n) is 5.20. The van der Waals surface area contributed by atoms with Gasteiger partial charge in [-0.15, -0.1) is 0 Å². The van der Waals surface area contributed by atoms with Crippen LogP contribution in [0.15, 0.2) is 24.3 Å². The zero-order chi connectivity index (χ0) is 18.8. The molecule has 2 aromatic rings. The number of nitrogens with zero attached hydrogens (tertiary/aromatic N) is 3. The van der Waals surface area contributed by atoms with Gasteiger partial charge in [-0.2, -0.15) is 5.10 Å². The molecule has 0 aliphatic carbocycles. The molecule has 1 unspecified atom stereocenters. The topological polar surface area (TPSA) is 75.4 Å². The van der Waals surface area contributed by atoms with E-state index >= 15 is 0 Å². The summed E-state index contributed by atoms with van der Waals surface area (Å²) in [6.07, 6.45) is 2.69. The van der Waals surface area contributed by atoms with Crippen molar-refractivity contribution in [3.05, 3.63) is 46.8 Å². The van der Waals surface area contributed by atoms with Gasteiger partial charge in [0.2, 0.25) is 0 Å². The van der Waals surface area contributed by atoms with Crippen molar-refractivity contribution in [2.24, 2.45) is 0 Å². The fourth-order valence-electron chi connectivity index (χ4n) is 3.67. The van der Waals surface area contributed by atoms with Crippen LogP contribution in [0.3, 0.4) is 0 Å². The molecule has 2 heterocycles. The molecule has 138 valence electrons. The van der Waals surface area contributed by atoms with E-state index in [0.717, 1.165) is 42.0 Å². The number of amides is 1. The van der Waals surface area contributed by atoms with E-state index in [4.69, 9.17) is 5.11 Å². The van der Waals surface area contributed by atoms with Crippen molar-refractivity contribution in [1.29, 1.82) is 0 Å². The maximum atomic E-state index is 12.6. The quantitative estimate of drug-likeness (QED) is 0.894. The van der Waals surface area contributed by atoms with Gasteiger partial charge < -0.3 is 10.0 Å². The summed E-state index contributed by atoms with van der Waals surface area (Å²) in [7, 11) is 0. The van der Waals surface area contributed by atoms with Gasteiger partial charge in [0.25, 0.3) is 5.91 Å². The fraction of sp³-hybridized carbons (Fsp3) is 0.450. The molecule has 1 amide bonds. The average molecular weight is 355 g/mol. The number of hydrogen-bond donors (Lipinski definition) is 1. The standard InChI is InChI=1S/C20H25N3O3/c1-13-5-4-12-22(13)20(26)16-6-8-17(9-7-16)23-15(3)18(14(2)21-23)10-11-19(24)25/h6-9,13H,4-5,10-12H2,1-3H3,(H,24,25). The van der Waals surface area contributed by atoms with Crippen LogP contribution in [0.4, 0.5) is 0 Å².